The summed E-state index contributed by atoms with van der Waals surface area (Å²) in [5, 5.41) is 5.34. The highest BCUT2D eigenvalue weighted by Gasteiger charge is 2.34. The first-order valence-electron chi connectivity index (χ1n) is 8.68. The molecule has 0 aromatic heterocycles. The number of nitrogens with zero attached hydrogens (tertiary/aromatic N) is 1. The lowest BCUT2D eigenvalue weighted by Crippen LogP contribution is -2.35. The number of carbonyl (C=O) groups excluding carboxylic acids is 4. The van der Waals surface area contributed by atoms with Crippen LogP contribution >= 0.6 is 15.9 Å². The van der Waals surface area contributed by atoms with Crippen molar-refractivity contribution in [3.05, 3.63) is 63.6 Å². The summed E-state index contributed by atoms with van der Waals surface area (Å²) in [4.78, 5) is 49.1. The Morgan fingerprint density at radius 1 is 1.00 bits per heavy atom. The zero-order valence-electron chi connectivity index (χ0n) is 15.1. The van der Waals surface area contributed by atoms with Crippen LogP contribution in [0, 0.1) is 0 Å². The van der Waals surface area contributed by atoms with Crippen LogP contribution in [0.3, 0.4) is 0 Å². The molecule has 144 valence electrons. The largest absolute Gasteiger partial charge is 0.338 e. The van der Waals surface area contributed by atoms with Crippen molar-refractivity contribution in [2.75, 3.05) is 18.4 Å². The summed E-state index contributed by atoms with van der Waals surface area (Å²) in [6.07, 6.45) is 0.434. The van der Waals surface area contributed by atoms with Crippen LogP contribution < -0.4 is 10.6 Å². The molecule has 0 unspecified atom stereocenters. The van der Waals surface area contributed by atoms with Gasteiger partial charge in [-0.2, -0.15) is 0 Å². The molecule has 7 nitrogen and oxygen atoms in total. The Balaban J connectivity index is 1.46. The number of anilines is 1. The molecule has 8 heteroatoms. The first kappa shape index (κ1) is 19.8. The molecule has 1 aliphatic rings. The lowest BCUT2D eigenvalue weighted by Gasteiger charge is -2.14. The molecule has 3 rings (SSSR count). The molecule has 1 aliphatic heterocycles. The van der Waals surface area contributed by atoms with Gasteiger partial charge >= 0.3 is 6.03 Å². The van der Waals surface area contributed by atoms with E-state index in [4.69, 9.17) is 0 Å². The van der Waals surface area contributed by atoms with Crippen molar-refractivity contribution in [2.24, 2.45) is 0 Å². The van der Waals surface area contributed by atoms with Crippen LogP contribution in [0.25, 0.3) is 0 Å². The Morgan fingerprint density at radius 2 is 1.68 bits per heavy atom. The first-order valence-corrected chi connectivity index (χ1v) is 9.47. The number of urea groups is 1. The Bertz CT molecular complexity index is 956. The van der Waals surface area contributed by atoms with Crippen LogP contribution in [0.15, 0.2) is 46.9 Å². The van der Waals surface area contributed by atoms with Gasteiger partial charge in [-0.25, -0.2) is 4.79 Å². The van der Waals surface area contributed by atoms with Crippen molar-refractivity contribution in [1.29, 1.82) is 0 Å². The third-order valence-electron chi connectivity index (χ3n) is 4.33. The average molecular weight is 444 g/mol. The van der Waals surface area contributed by atoms with Crippen molar-refractivity contribution in [2.45, 2.75) is 13.3 Å². The molecule has 0 radical (unpaired) electrons. The maximum atomic E-state index is 12.4. The summed E-state index contributed by atoms with van der Waals surface area (Å²) in [6, 6.07) is 11.2. The molecule has 28 heavy (non-hydrogen) atoms. The molecule has 4 amide bonds. The lowest BCUT2D eigenvalue weighted by molar-refractivity contribution is 0.0653. The zero-order valence-corrected chi connectivity index (χ0v) is 16.7. The number of ketones is 1. The van der Waals surface area contributed by atoms with E-state index in [1.165, 1.54) is 11.8 Å². The quantitative estimate of drug-likeness (QED) is 0.405. The molecular weight excluding hydrogens is 426 g/mol. The van der Waals surface area contributed by atoms with Crippen LogP contribution in [-0.2, 0) is 0 Å². The van der Waals surface area contributed by atoms with Gasteiger partial charge in [0.05, 0.1) is 11.1 Å². The van der Waals surface area contributed by atoms with E-state index in [0.717, 1.165) is 4.47 Å². The maximum absolute atomic E-state index is 12.4. The minimum absolute atomic E-state index is 0.0449. The summed E-state index contributed by atoms with van der Waals surface area (Å²) in [6.45, 7) is 1.99. The zero-order chi connectivity index (χ0) is 20.3. The van der Waals surface area contributed by atoms with Crippen LogP contribution in [0.2, 0.25) is 0 Å². The third kappa shape index (κ3) is 4.28. The normalized spacial score (nSPS) is 12.7. The van der Waals surface area contributed by atoms with Gasteiger partial charge in [0.1, 0.15) is 0 Å². The third-order valence-corrected chi connectivity index (χ3v) is 4.82. The highest BCUT2D eigenvalue weighted by molar-refractivity contribution is 9.10. The minimum atomic E-state index is -0.401. The highest BCUT2D eigenvalue weighted by Crippen LogP contribution is 2.26. The fraction of sp³-hybridized carbons (Fsp3) is 0.200. The lowest BCUT2D eigenvalue weighted by atomic mass is 10.1. The molecule has 0 spiro atoms. The number of carbonyl (C=O) groups is 4. The fourth-order valence-electron chi connectivity index (χ4n) is 2.87. The number of benzene rings is 2. The number of hydrogen-bond donors (Lipinski definition) is 2. The molecule has 2 N–H and O–H groups in total. The molecule has 0 saturated carbocycles. The number of amides is 4. The maximum Gasteiger partial charge on any atom is 0.319 e. The molecule has 0 atom stereocenters. The number of imide groups is 1. The van der Waals surface area contributed by atoms with Gasteiger partial charge in [-0.15, -0.1) is 0 Å². The minimum Gasteiger partial charge on any atom is -0.338 e. The SMILES string of the molecule is CC(=O)c1ccc(NC(=O)NCCCN2C(=O)c3ccc(Br)cc3C2=O)cc1. The standard InChI is InChI=1S/C20H18BrN3O4/c1-12(25)13-3-6-15(7-4-13)23-20(28)22-9-2-10-24-18(26)16-8-5-14(21)11-17(16)19(24)27/h3-8,11H,2,9-10H2,1H3,(H2,22,23,28). The monoisotopic (exact) mass is 443 g/mol. The van der Waals surface area contributed by atoms with Gasteiger partial charge in [0.15, 0.2) is 5.78 Å². The van der Waals surface area contributed by atoms with Gasteiger partial charge in [-0.1, -0.05) is 15.9 Å². The van der Waals surface area contributed by atoms with Gasteiger partial charge in [-0.05, 0) is 55.8 Å². The van der Waals surface area contributed by atoms with Crippen molar-refractivity contribution < 1.29 is 19.2 Å². The molecule has 0 bridgehead atoms. The summed E-state index contributed by atoms with van der Waals surface area (Å²) in [5.41, 5.74) is 1.92. The molecule has 2 aromatic rings. The number of fused-ring (bicyclic) bond motifs is 1. The average Bonchev–Trinajstić information content (AvgIpc) is 2.89. The second kappa shape index (κ2) is 8.35. The van der Waals surface area contributed by atoms with Gasteiger partial charge < -0.3 is 10.6 Å². The number of rotatable bonds is 6. The van der Waals surface area contributed by atoms with E-state index in [1.54, 1.807) is 42.5 Å². The summed E-state index contributed by atoms with van der Waals surface area (Å²) < 4.78 is 0.740. The second-order valence-corrected chi connectivity index (χ2v) is 7.24. The topological polar surface area (TPSA) is 95.6 Å². The van der Waals surface area contributed by atoms with Gasteiger partial charge in [-0.3, -0.25) is 19.3 Å². The first-order chi connectivity index (χ1) is 13.4. The van der Waals surface area contributed by atoms with E-state index in [2.05, 4.69) is 26.6 Å². The van der Waals surface area contributed by atoms with Crippen LogP contribution in [0.1, 0.15) is 44.4 Å². The fourth-order valence-corrected chi connectivity index (χ4v) is 3.23. The molecular formula is C20H18BrN3O4. The molecule has 2 aromatic carbocycles. The molecule has 0 fully saturated rings. The Hall–Kier alpha value is -3.00. The molecule has 1 heterocycles. The number of Topliss-reactive ketones (excluding diaryl/α,β-unsaturated/α-hetero) is 1. The summed E-state index contributed by atoms with van der Waals surface area (Å²) in [7, 11) is 0. The van der Waals surface area contributed by atoms with E-state index in [0.29, 0.717) is 35.3 Å². The van der Waals surface area contributed by atoms with Crippen molar-refractivity contribution in [3.8, 4) is 0 Å². The van der Waals surface area contributed by atoms with E-state index in [9.17, 15) is 19.2 Å². The smallest absolute Gasteiger partial charge is 0.319 e. The van der Waals surface area contributed by atoms with Crippen molar-refractivity contribution in [1.82, 2.24) is 10.2 Å². The number of hydrogen-bond acceptors (Lipinski definition) is 4. The Labute approximate surface area is 170 Å². The van der Waals surface area contributed by atoms with Crippen LogP contribution in [0.5, 0.6) is 0 Å². The predicted octanol–water partition coefficient (Wildman–Crippen LogP) is 3.46. The predicted molar refractivity (Wildman–Crippen MR) is 108 cm³/mol. The highest BCUT2D eigenvalue weighted by atomic mass is 79.9. The van der Waals surface area contributed by atoms with Gasteiger partial charge in [0.25, 0.3) is 11.8 Å². The van der Waals surface area contributed by atoms with E-state index < -0.39 is 6.03 Å². The van der Waals surface area contributed by atoms with Crippen molar-refractivity contribution >= 4 is 45.2 Å². The van der Waals surface area contributed by atoms with Crippen molar-refractivity contribution in [3.63, 3.8) is 0 Å². The van der Waals surface area contributed by atoms with E-state index >= 15 is 0 Å². The Morgan fingerprint density at radius 3 is 2.36 bits per heavy atom. The number of nitrogens with one attached hydrogen (secondary N) is 2. The Kier molecular flexibility index (Phi) is 5.89. The number of halogens is 1. The van der Waals surface area contributed by atoms with E-state index in [1.807, 2.05) is 0 Å². The van der Waals surface area contributed by atoms with Crippen LogP contribution in [0.4, 0.5) is 10.5 Å². The molecule has 0 saturated heterocycles. The van der Waals surface area contributed by atoms with Gasteiger partial charge in [0, 0.05) is 28.8 Å². The second-order valence-electron chi connectivity index (χ2n) is 6.32. The van der Waals surface area contributed by atoms with E-state index in [-0.39, 0.29) is 24.1 Å². The summed E-state index contributed by atoms with van der Waals surface area (Å²) in [5.74, 6) is -0.685. The van der Waals surface area contributed by atoms with Crippen LogP contribution in [-0.4, -0.2) is 41.6 Å². The summed E-state index contributed by atoms with van der Waals surface area (Å²) >= 11 is 3.30. The molecule has 0 aliphatic carbocycles. The van der Waals surface area contributed by atoms with Gasteiger partial charge in [0.2, 0.25) is 0 Å².